The SMILES string of the molecule is CC(C)N(C(=O)Cn1nc(-c2ccccn2)n(C)c1=O)C(C)C. The third kappa shape index (κ3) is 3.49. The first-order chi connectivity index (χ1) is 10.8. The normalized spacial score (nSPS) is 11.3. The molecule has 1 amide bonds. The summed E-state index contributed by atoms with van der Waals surface area (Å²) in [5, 5.41) is 4.28. The Kier molecular flexibility index (Phi) is 4.98. The fourth-order valence-corrected chi connectivity index (χ4v) is 2.69. The molecule has 0 bridgehead atoms. The fourth-order valence-electron chi connectivity index (χ4n) is 2.69. The summed E-state index contributed by atoms with van der Waals surface area (Å²) < 4.78 is 2.61. The van der Waals surface area contributed by atoms with E-state index in [1.807, 2.05) is 33.8 Å². The molecule has 0 saturated heterocycles. The largest absolute Gasteiger partial charge is 0.346 e. The lowest BCUT2D eigenvalue weighted by atomic mass is 10.2. The molecule has 0 fully saturated rings. The molecule has 0 aliphatic rings. The topological polar surface area (TPSA) is 73.0 Å². The number of carbonyl (C=O) groups excluding carboxylic acids is 1. The highest BCUT2D eigenvalue weighted by Crippen LogP contribution is 2.11. The summed E-state index contributed by atoms with van der Waals surface area (Å²) in [6, 6.07) is 5.54. The molecule has 0 unspecified atom stereocenters. The van der Waals surface area contributed by atoms with E-state index < -0.39 is 0 Å². The smallest absolute Gasteiger partial charge is 0.336 e. The average molecular weight is 317 g/mol. The van der Waals surface area contributed by atoms with Crippen LogP contribution >= 0.6 is 0 Å². The number of carbonyl (C=O) groups is 1. The Labute approximate surface area is 135 Å². The lowest BCUT2D eigenvalue weighted by Crippen LogP contribution is -2.45. The number of aromatic nitrogens is 4. The molecule has 0 saturated carbocycles. The van der Waals surface area contributed by atoms with Crippen molar-refractivity contribution in [3.63, 3.8) is 0 Å². The first-order valence-corrected chi connectivity index (χ1v) is 7.69. The Bertz CT molecular complexity index is 723. The summed E-state index contributed by atoms with van der Waals surface area (Å²) in [5.74, 6) is 0.326. The lowest BCUT2D eigenvalue weighted by Gasteiger charge is -2.30. The van der Waals surface area contributed by atoms with Gasteiger partial charge in [0.25, 0.3) is 0 Å². The maximum atomic E-state index is 12.5. The van der Waals surface area contributed by atoms with Crippen LogP contribution in [0.25, 0.3) is 11.5 Å². The van der Waals surface area contributed by atoms with Crippen molar-refractivity contribution < 1.29 is 4.79 Å². The number of hydrogen-bond acceptors (Lipinski definition) is 4. The van der Waals surface area contributed by atoms with Crippen LogP contribution in [0.2, 0.25) is 0 Å². The van der Waals surface area contributed by atoms with Gasteiger partial charge in [-0.1, -0.05) is 6.07 Å². The van der Waals surface area contributed by atoms with Gasteiger partial charge in [-0.05, 0) is 39.8 Å². The highest BCUT2D eigenvalue weighted by molar-refractivity contribution is 5.76. The van der Waals surface area contributed by atoms with Crippen LogP contribution in [0.4, 0.5) is 0 Å². The summed E-state index contributed by atoms with van der Waals surface area (Å²) in [4.78, 5) is 30.8. The predicted octanol–water partition coefficient (Wildman–Crippen LogP) is 1.29. The van der Waals surface area contributed by atoms with Crippen LogP contribution in [0.15, 0.2) is 29.2 Å². The third-order valence-electron chi connectivity index (χ3n) is 3.62. The Hall–Kier alpha value is -2.44. The maximum absolute atomic E-state index is 12.5. The van der Waals surface area contributed by atoms with Crippen molar-refractivity contribution in [3.05, 3.63) is 34.9 Å². The Balaban J connectivity index is 2.32. The minimum Gasteiger partial charge on any atom is -0.336 e. The molecular weight excluding hydrogens is 294 g/mol. The van der Waals surface area contributed by atoms with Crippen LogP contribution in [-0.2, 0) is 18.4 Å². The molecule has 2 aromatic heterocycles. The summed E-state index contributed by atoms with van der Waals surface area (Å²) in [7, 11) is 1.63. The van der Waals surface area contributed by atoms with Gasteiger partial charge in [0, 0.05) is 25.3 Å². The van der Waals surface area contributed by atoms with E-state index in [0.29, 0.717) is 11.5 Å². The van der Waals surface area contributed by atoms with Crippen LogP contribution in [0.1, 0.15) is 27.7 Å². The zero-order chi connectivity index (χ0) is 17.1. The second-order valence-corrected chi connectivity index (χ2v) is 6.03. The van der Waals surface area contributed by atoms with Gasteiger partial charge in [0.15, 0.2) is 5.82 Å². The average Bonchev–Trinajstić information content (AvgIpc) is 2.76. The molecule has 2 heterocycles. The van der Waals surface area contributed by atoms with E-state index in [1.165, 1.54) is 9.25 Å². The molecule has 0 aliphatic carbocycles. The minimum atomic E-state index is -0.327. The molecule has 2 rings (SSSR count). The van der Waals surface area contributed by atoms with E-state index in [9.17, 15) is 9.59 Å². The number of hydrogen-bond donors (Lipinski definition) is 0. The van der Waals surface area contributed by atoms with Gasteiger partial charge in [-0.3, -0.25) is 14.3 Å². The highest BCUT2D eigenvalue weighted by Gasteiger charge is 2.22. The Morgan fingerprint density at radius 3 is 2.39 bits per heavy atom. The maximum Gasteiger partial charge on any atom is 0.346 e. The second kappa shape index (κ2) is 6.76. The van der Waals surface area contributed by atoms with Crippen molar-refractivity contribution in [3.8, 4) is 11.5 Å². The van der Waals surface area contributed by atoms with Gasteiger partial charge in [0.1, 0.15) is 12.2 Å². The van der Waals surface area contributed by atoms with Crippen molar-refractivity contribution in [2.45, 2.75) is 46.3 Å². The standard InChI is InChI=1S/C16H23N5O2/c1-11(2)21(12(3)4)14(22)10-20-16(23)19(5)15(18-20)13-8-6-7-9-17-13/h6-9,11-12H,10H2,1-5H3. The van der Waals surface area contributed by atoms with Crippen molar-refractivity contribution in [2.24, 2.45) is 7.05 Å². The van der Waals surface area contributed by atoms with E-state index in [1.54, 1.807) is 30.3 Å². The predicted molar refractivity (Wildman–Crippen MR) is 87.8 cm³/mol. The van der Waals surface area contributed by atoms with Crippen molar-refractivity contribution in [1.82, 2.24) is 24.2 Å². The van der Waals surface area contributed by atoms with Crippen LogP contribution < -0.4 is 5.69 Å². The summed E-state index contributed by atoms with van der Waals surface area (Å²) in [5.41, 5.74) is 0.273. The van der Waals surface area contributed by atoms with Crippen LogP contribution in [-0.4, -0.2) is 42.2 Å². The second-order valence-electron chi connectivity index (χ2n) is 6.03. The van der Waals surface area contributed by atoms with Crippen molar-refractivity contribution in [2.75, 3.05) is 0 Å². The Morgan fingerprint density at radius 1 is 1.22 bits per heavy atom. The van der Waals surface area contributed by atoms with Gasteiger partial charge >= 0.3 is 5.69 Å². The molecule has 0 N–H and O–H groups in total. The van der Waals surface area contributed by atoms with Gasteiger partial charge in [-0.2, -0.15) is 0 Å². The molecule has 0 aromatic carbocycles. The first kappa shape index (κ1) is 16.9. The van der Waals surface area contributed by atoms with E-state index in [-0.39, 0.29) is 30.2 Å². The molecule has 0 atom stereocenters. The molecule has 0 radical (unpaired) electrons. The van der Waals surface area contributed by atoms with E-state index in [4.69, 9.17) is 0 Å². The van der Waals surface area contributed by atoms with Crippen LogP contribution in [0, 0.1) is 0 Å². The number of rotatable bonds is 5. The Morgan fingerprint density at radius 2 is 1.87 bits per heavy atom. The molecule has 0 spiro atoms. The van der Waals surface area contributed by atoms with Gasteiger partial charge in [-0.25, -0.2) is 9.48 Å². The number of nitrogens with zero attached hydrogens (tertiary/aromatic N) is 5. The fraction of sp³-hybridized carbons (Fsp3) is 0.500. The van der Waals surface area contributed by atoms with Crippen molar-refractivity contribution >= 4 is 5.91 Å². The molecule has 7 nitrogen and oxygen atoms in total. The summed E-state index contributed by atoms with van der Waals surface area (Å²) >= 11 is 0. The summed E-state index contributed by atoms with van der Waals surface area (Å²) in [6.45, 7) is 7.75. The minimum absolute atomic E-state index is 0.0668. The van der Waals surface area contributed by atoms with E-state index in [0.717, 1.165) is 0 Å². The van der Waals surface area contributed by atoms with Crippen molar-refractivity contribution in [1.29, 1.82) is 0 Å². The van der Waals surface area contributed by atoms with Gasteiger partial charge in [-0.15, -0.1) is 5.10 Å². The number of amides is 1. The van der Waals surface area contributed by atoms with Gasteiger partial charge in [0.05, 0.1) is 0 Å². The van der Waals surface area contributed by atoms with Crippen LogP contribution in [0.5, 0.6) is 0 Å². The number of pyridine rings is 1. The highest BCUT2D eigenvalue weighted by atomic mass is 16.2. The molecule has 0 aliphatic heterocycles. The summed E-state index contributed by atoms with van der Waals surface area (Å²) in [6.07, 6.45) is 1.64. The lowest BCUT2D eigenvalue weighted by molar-refractivity contribution is -0.135. The molecule has 2 aromatic rings. The van der Waals surface area contributed by atoms with E-state index >= 15 is 0 Å². The molecule has 124 valence electrons. The monoisotopic (exact) mass is 317 g/mol. The zero-order valence-corrected chi connectivity index (χ0v) is 14.2. The molecule has 7 heteroatoms. The third-order valence-corrected chi connectivity index (χ3v) is 3.62. The van der Waals surface area contributed by atoms with Gasteiger partial charge in [0.2, 0.25) is 5.91 Å². The van der Waals surface area contributed by atoms with Gasteiger partial charge < -0.3 is 4.90 Å². The van der Waals surface area contributed by atoms with Crippen LogP contribution in [0.3, 0.4) is 0 Å². The molecular formula is C16H23N5O2. The quantitative estimate of drug-likeness (QED) is 0.833. The zero-order valence-electron chi connectivity index (χ0n) is 14.2. The van der Waals surface area contributed by atoms with E-state index in [2.05, 4.69) is 10.1 Å². The first-order valence-electron chi connectivity index (χ1n) is 7.69. The molecule has 23 heavy (non-hydrogen) atoms.